The van der Waals surface area contributed by atoms with E-state index in [0.29, 0.717) is 33.5 Å². The average Bonchev–Trinajstić information content (AvgIpc) is 2.46. The Labute approximate surface area is 135 Å². The van der Waals surface area contributed by atoms with E-state index in [9.17, 15) is 9.59 Å². The van der Waals surface area contributed by atoms with Gasteiger partial charge in [0.2, 0.25) is 5.91 Å². The molecule has 0 aliphatic carbocycles. The van der Waals surface area contributed by atoms with Crippen LogP contribution in [0.5, 0.6) is 0 Å². The van der Waals surface area contributed by atoms with Crippen LogP contribution < -0.4 is 5.32 Å². The van der Waals surface area contributed by atoms with Gasteiger partial charge >= 0.3 is 0 Å². The van der Waals surface area contributed by atoms with Crippen LogP contribution in [0.3, 0.4) is 0 Å². The molecule has 2 aromatic rings. The fourth-order valence-corrected chi connectivity index (χ4v) is 3.22. The zero-order chi connectivity index (χ0) is 15.0. The third-order valence-corrected chi connectivity index (χ3v) is 4.33. The van der Waals surface area contributed by atoms with Crippen LogP contribution in [0.4, 0.5) is 5.69 Å². The Bertz CT molecular complexity index is 758. The fourth-order valence-electron chi connectivity index (χ4n) is 2.35. The summed E-state index contributed by atoms with van der Waals surface area (Å²) in [6.45, 7) is 0. The van der Waals surface area contributed by atoms with E-state index < -0.39 is 0 Å². The summed E-state index contributed by atoms with van der Waals surface area (Å²) in [5.41, 5.74) is 2.95. The van der Waals surface area contributed by atoms with Crippen molar-refractivity contribution in [3.63, 3.8) is 0 Å². The highest BCUT2D eigenvalue weighted by molar-refractivity contribution is 9.10. The van der Waals surface area contributed by atoms with Gasteiger partial charge in [-0.15, -0.1) is 0 Å². The zero-order valence-corrected chi connectivity index (χ0v) is 13.3. The number of hydrogen-bond donors (Lipinski definition) is 1. The molecule has 0 bridgehead atoms. The van der Waals surface area contributed by atoms with E-state index in [-0.39, 0.29) is 11.7 Å². The summed E-state index contributed by atoms with van der Waals surface area (Å²) in [6.07, 6.45) is 1.11. The van der Waals surface area contributed by atoms with E-state index in [4.69, 9.17) is 11.6 Å². The van der Waals surface area contributed by atoms with E-state index in [2.05, 4.69) is 21.2 Å². The van der Waals surface area contributed by atoms with Crippen LogP contribution >= 0.6 is 27.5 Å². The number of hydrogen-bond acceptors (Lipinski definition) is 2. The van der Waals surface area contributed by atoms with Crippen molar-refractivity contribution in [1.29, 1.82) is 0 Å². The van der Waals surface area contributed by atoms with Crippen LogP contribution in [-0.4, -0.2) is 11.7 Å². The molecule has 0 saturated carbocycles. The summed E-state index contributed by atoms with van der Waals surface area (Å²) in [5, 5.41) is 3.38. The Morgan fingerprint density at radius 1 is 1.14 bits per heavy atom. The number of fused-ring (bicyclic) bond motifs is 1. The molecule has 2 aromatic carbocycles. The van der Waals surface area contributed by atoms with Crippen LogP contribution in [-0.2, 0) is 11.2 Å². The molecule has 1 aliphatic rings. The fraction of sp³-hybridized carbons (Fsp3) is 0.125. The summed E-state index contributed by atoms with van der Waals surface area (Å²) in [6, 6.07) is 10.5. The van der Waals surface area contributed by atoms with Crippen LogP contribution in [0.2, 0.25) is 5.02 Å². The minimum absolute atomic E-state index is 0.0158. The maximum atomic E-state index is 12.6. The van der Waals surface area contributed by atoms with Gasteiger partial charge in [-0.05, 0) is 64.3 Å². The molecule has 106 valence electrons. The van der Waals surface area contributed by atoms with Crippen molar-refractivity contribution >= 4 is 44.9 Å². The molecule has 1 N–H and O–H groups in total. The molecule has 1 heterocycles. The summed E-state index contributed by atoms with van der Waals surface area (Å²) in [5.74, 6) is -0.0553. The van der Waals surface area contributed by atoms with Crippen molar-refractivity contribution in [3.8, 4) is 0 Å². The monoisotopic (exact) mass is 363 g/mol. The predicted octanol–water partition coefficient (Wildman–Crippen LogP) is 4.22. The maximum Gasteiger partial charge on any atom is 0.224 e. The number of anilines is 1. The smallest absolute Gasteiger partial charge is 0.224 e. The third-order valence-electron chi connectivity index (χ3n) is 3.44. The number of benzene rings is 2. The molecule has 3 nitrogen and oxygen atoms in total. The molecule has 1 aliphatic heterocycles. The van der Waals surface area contributed by atoms with Gasteiger partial charge in [0, 0.05) is 32.7 Å². The first-order valence-corrected chi connectivity index (χ1v) is 7.64. The van der Waals surface area contributed by atoms with Crippen LogP contribution in [0.15, 0.2) is 40.9 Å². The van der Waals surface area contributed by atoms with Gasteiger partial charge in [-0.3, -0.25) is 9.59 Å². The van der Waals surface area contributed by atoms with E-state index in [0.717, 1.165) is 11.3 Å². The lowest BCUT2D eigenvalue weighted by Gasteiger charge is -2.17. The van der Waals surface area contributed by atoms with Crippen LogP contribution in [0.25, 0.3) is 0 Å². The number of nitrogens with one attached hydrogen (secondary N) is 1. The lowest BCUT2D eigenvalue weighted by molar-refractivity contribution is -0.116. The lowest BCUT2D eigenvalue weighted by Crippen LogP contribution is -2.19. The number of amides is 1. The zero-order valence-electron chi connectivity index (χ0n) is 11.0. The van der Waals surface area contributed by atoms with Crippen molar-refractivity contribution in [2.45, 2.75) is 12.8 Å². The Morgan fingerprint density at radius 2 is 1.95 bits per heavy atom. The van der Waals surface area contributed by atoms with E-state index in [1.165, 1.54) is 0 Å². The Kier molecular flexibility index (Phi) is 3.83. The Hall–Kier alpha value is -1.65. The second-order valence-electron chi connectivity index (χ2n) is 4.87. The second-order valence-corrected chi connectivity index (χ2v) is 6.16. The number of aryl methyl sites for hydroxylation is 1. The number of halogens is 2. The predicted molar refractivity (Wildman–Crippen MR) is 86.0 cm³/mol. The first-order chi connectivity index (χ1) is 10.0. The summed E-state index contributed by atoms with van der Waals surface area (Å²) < 4.78 is 0.672. The van der Waals surface area contributed by atoms with E-state index >= 15 is 0 Å². The highest BCUT2D eigenvalue weighted by Gasteiger charge is 2.18. The van der Waals surface area contributed by atoms with Crippen molar-refractivity contribution in [1.82, 2.24) is 0 Å². The molecule has 1 amide bonds. The van der Waals surface area contributed by atoms with Gasteiger partial charge in [-0.2, -0.15) is 0 Å². The minimum atomic E-state index is -0.0711. The molecule has 0 saturated heterocycles. The largest absolute Gasteiger partial charge is 0.326 e. The molecule has 0 aromatic heterocycles. The van der Waals surface area contributed by atoms with Crippen molar-refractivity contribution < 1.29 is 9.59 Å². The van der Waals surface area contributed by atoms with Crippen molar-refractivity contribution in [2.75, 3.05) is 5.32 Å². The van der Waals surface area contributed by atoms with Gasteiger partial charge in [0.1, 0.15) is 0 Å². The van der Waals surface area contributed by atoms with Gasteiger partial charge in [0.15, 0.2) is 5.78 Å². The number of carbonyl (C=O) groups is 2. The SMILES string of the molecule is O=C1CCc2cc(C(=O)c3ccc(Cl)cc3Br)ccc2N1. The molecule has 3 rings (SSSR count). The molecular weight excluding hydrogens is 354 g/mol. The van der Waals surface area contributed by atoms with E-state index in [1.807, 2.05) is 6.07 Å². The molecule has 0 fully saturated rings. The number of rotatable bonds is 2. The molecule has 0 atom stereocenters. The quantitative estimate of drug-likeness (QED) is 0.811. The van der Waals surface area contributed by atoms with Gasteiger partial charge in [-0.1, -0.05) is 11.6 Å². The summed E-state index contributed by atoms with van der Waals surface area (Å²) in [7, 11) is 0. The highest BCUT2D eigenvalue weighted by atomic mass is 79.9. The normalized spacial score (nSPS) is 13.5. The molecule has 0 spiro atoms. The highest BCUT2D eigenvalue weighted by Crippen LogP contribution is 2.27. The standard InChI is InChI=1S/C16H11BrClNO2/c17-13-8-11(18)3-4-12(13)16(21)10-1-5-14-9(7-10)2-6-15(20)19-14/h1,3-5,7-8H,2,6H2,(H,19,20). The molecule has 5 heteroatoms. The Morgan fingerprint density at radius 3 is 2.71 bits per heavy atom. The molecule has 21 heavy (non-hydrogen) atoms. The number of ketones is 1. The first kappa shape index (κ1) is 14.3. The van der Waals surface area contributed by atoms with Crippen LogP contribution in [0, 0.1) is 0 Å². The van der Waals surface area contributed by atoms with Crippen molar-refractivity contribution in [2.24, 2.45) is 0 Å². The molecule has 0 unspecified atom stereocenters. The topological polar surface area (TPSA) is 46.2 Å². The molecular formula is C16H11BrClNO2. The lowest BCUT2D eigenvalue weighted by atomic mass is 9.96. The van der Waals surface area contributed by atoms with Gasteiger partial charge in [0.05, 0.1) is 0 Å². The third kappa shape index (κ3) is 2.87. The number of carbonyl (C=O) groups excluding carboxylic acids is 2. The summed E-state index contributed by atoms with van der Waals surface area (Å²) in [4.78, 5) is 23.9. The van der Waals surface area contributed by atoms with Crippen LogP contribution in [0.1, 0.15) is 27.9 Å². The van der Waals surface area contributed by atoms with E-state index in [1.54, 1.807) is 30.3 Å². The molecule has 0 radical (unpaired) electrons. The van der Waals surface area contributed by atoms with Crippen molar-refractivity contribution in [3.05, 3.63) is 62.6 Å². The second kappa shape index (κ2) is 5.62. The minimum Gasteiger partial charge on any atom is -0.326 e. The first-order valence-electron chi connectivity index (χ1n) is 6.47. The van der Waals surface area contributed by atoms with Gasteiger partial charge in [-0.25, -0.2) is 0 Å². The average molecular weight is 365 g/mol. The summed E-state index contributed by atoms with van der Waals surface area (Å²) >= 11 is 9.26. The maximum absolute atomic E-state index is 12.6. The van der Waals surface area contributed by atoms with Gasteiger partial charge < -0.3 is 5.32 Å². The van der Waals surface area contributed by atoms with Gasteiger partial charge in [0.25, 0.3) is 0 Å². The Balaban J connectivity index is 1.97.